The molecular formula is C50H40N2. The average molecular weight is 669 g/mol. The van der Waals surface area contributed by atoms with Gasteiger partial charge in [0.25, 0.3) is 0 Å². The van der Waals surface area contributed by atoms with E-state index >= 15 is 0 Å². The van der Waals surface area contributed by atoms with Gasteiger partial charge in [0.2, 0.25) is 0 Å². The second-order valence-electron chi connectivity index (χ2n) is 16.4. The number of hydrogen-bond acceptors (Lipinski definition) is 0. The highest BCUT2D eigenvalue weighted by atomic mass is 15.0. The van der Waals surface area contributed by atoms with Crippen LogP contribution in [-0.4, -0.2) is 9.13 Å². The van der Waals surface area contributed by atoms with Crippen LogP contribution in [0.2, 0.25) is 0 Å². The Morgan fingerprint density at radius 3 is 1.71 bits per heavy atom. The minimum absolute atomic E-state index is 0.113. The first-order valence-corrected chi connectivity index (χ1v) is 18.7. The van der Waals surface area contributed by atoms with Crippen molar-refractivity contribution in [2.75, 3.05) is 0 Å². The molecule has 11 rings (SSSR count). The van der Waals surface area contributed by atoms with Gasteiger partial charge < -0.3 is 9.13 Å². The molecule has 0 unspecified atom stereocenters. The highest BCUT2D eigenvalue weighted by Crippen LogP contribution is 2.50. The number of para-hydroxylation sites is 1. The zero-order valence-corrected chi connectivity index (χ0v) is 30.2. The fourth-order valence-corrected chi connectivity index (χ4v) is 9.69. The fraction of sp³-hybridized carbons (Fsp3) is 0.160. The molecule has 2 heterocycles. The van der Waals surface area contributed by atoms with Crippen molar-refractivity contribution in [3.05, 3.63) is 157 Å². The van der Waals surface area contributed by atoms with Gasteiger partial charge in [-0.25, -0.2) is 0 Å². The standard InChI is InChI=1S/C50H40N2/c1-49(2)24-25-50(3,4)42-30-47-38(27-41(42)49)39-28-46-40(29-45(39)51(47)33-16-6-5-7-17-33)48-35-19-11-8-14-31(35)22-23-43(48)52(46)44-26-32-15-9-10-18-34(32)36-20-12-13-21-37(36)44/h5-23,26-30H,24-25H2,1-4H3. The molecule has 0 aliphatic heterocycles. The van der Waals surface area contributed by atoms with Crippen LogP contribution in [0.5, 0.6) is 0 Å². The van der Waals surface area contributed by atoms with E-state index in [1.807, 2.05) is 0 Å². The summed E-state index contributed by atoms with van der Waals surface area (Å²) in [5, 5.41) is 12.8. The summed E-state index contributed by atoms with van der Waals surface area (Å²) in [5.74, 6) is 0. The molecule has 0 spiro atoms. The topological polar surface area (TPSA) is 9.86 Å². The summed E-state index contributed by atoms with van der Waals surface area (Å²) in [5.41, 5.74) is 10.6. The lowest BCUT2D eigenvalue weighted by molar-refractivity contribution is 0.332. The van der Waals surface area contributed by atoms with Gasteiger partial charge >= 0.3 is 0 Å². The molecule has 1 aliphatic rings. The molecule has 2 aromatic heterocycles. The summed E-state index contributed by atoms with van der Waals surface area (Å²) in [4.78, 5) is 0. The van der Waals surface area contributed by atoms with Crippen LogP contribution >= 0.6 is 0 Å². The van der Waals surface area contributed by atoms with Gasteiger partial charge in [-0.2, -0.15) is 0 Å². The Morgan fingerprint density at radius 1 is 0.385 bits per heavy atom. The zero-order chi connectivity index (χ0) is 34.9. The Morgan fingerprint density at radius 2 is 0.942 bits per heavy atom. The van der Waals surface area contributed by atoms with E-state index in [1.165, 1.54) is 111 Å². The van der Waals surface area contributed by atoms with Crippen LogP contribution in [0.25, 0.3) is 87.3 Å². The number of fused-ring (bicyclic) bond motifs is 12. The molecular weight excluding hydrogens is 629 g/mol. The quantitative estimate of drug-likeness (QED) is 0.162. The SMILES string of the molecule is CC1(C)CCC(C)(C)c2cc3c(cc21)c1cc2c(cc1n3-c1ccccc1)c1c3ccccc3ccc1n2-c1cc2ccccc2c2ccccc12. The van der Waals surface area contributed by atoms with E-state index in [1.54, 1.807) is 0 Å². The Labute approximate surface area is 303 Å². The van der Waals surface area contributed by atoms with E-state index in [0.717, 1.165) is 0 Å². The van der Waals surface area contributed by atoms with Crippen molar-refractivity contribution in [3.8, 4) is 11.4 Å². The molecule has 0 amide bonds. The Kier molecular flexibility index (Phi) is 5.94. The van der Waals surface area contributed by atoms with E-state index in [0.29, 0.717) is 0 Å². The van der Waals surface area contributed by atoms with Crippen LogP contribution in [0.4, 0.5) is 0 Å². The highest BCUT2D eigenvalue weighted by Gasteiger charge is 2.38. The summed E-state index contributed by atoms with van der Waals surface area (Å²) in [7, 11) is 0. The molecule has 8 aromatic carbocycles. The van der Waals surface area contributed by atoms with Gasteiger partial charge in [-0.3, -0.25) is 0 Å². The molecule has 0 atom stereocenters. The van der Waals surface area contributed by atoms with E-state index in [-0.39, 0.29) is 10.8 Å². The summed E-state index contributed by atoms with van der Waals surface area (Å²) in [6.07, 6.45) is 2.38. The number of rotatable bonds is 2. The molecule has 0 radical (unpaired) electrons. The van der Waals surface area contributed by atoms with Crippen LogP contribution in [0.15, 0.2) is 146 Å². The Hall–Kier alpha value is -5.86. The molecule has 0 saturated heterocycles. The van der Waals surface area contributed by atoms with Gasteiger partial charge in [-0.1, -0.05) is 125 Å². The number of hydrogen-bond donors (Lipinski definition) is 0. The number of benzene rings is 8. The van der Waals surface area contributed by atoms with Crippen molar-refractivity contribution in [2.45, 2.75) is 51.4 Å². The summed E-state index contributed by atoms with van der Waals surface area (Å²) in [6, 6.07) is 54.8. The van der Waals surface area contributed by atoms with Crippen molar-refractivity contribution in [2.24, 2.45) is 0 Å². The molecule has 0 fully saturated rings. The molecule has 0 bridgehead atoms. The predicted molar refractivity (Wildman–Crippen MR) is 223 cm³/mol. The normalized spacial score (nSPS) is 15.5. The van der Waals surface area contributed by atoms with Crippen LogP contribution < -0.4 is 0 Å². The first-order valence-electron chi connectivity index (χ1n) is 18.7. The maximum Gasteiger partial charge on any atom is 0.0549 e. The van der Waals surface area contributed by atoms with Gasteiger partial charge in [0.1, 0.15) is 0 Å². The van der Waals surface area contributed by atoms with Gasteiger partial charge in [0, 0.05) is 32.6 Å². The lowest BCUT2D eigenvalue weighted by atomic mass is 9.63. The van der Waals surface area contributed by atoms with E-state index < -0.39 is 0 Å². The molecule has 10 aromatic rings. The molecule has 0 N–H and O–H groups in total. The summed E-state index contributed by atoms with van der Waals surface area (Å²) < 4.78 is 5.09. The molecule has 250 valence electrons. The van der Waals surface area contributed by atoms with Crippen molar-refractivity contribution < 1.29 is 0 Å². The summed E-state index contributed by atoms with van der Waals surface area (Å²) >= 11 is 0. The highest BCUT2D eigenvalue weighted by molar-refractivity contribution is 6.26. The monoisotopic (exact) mass is 668 g/mol. The van der Waals surface area contributed by atoms with Crippen molar-refractivity contribution in [1.82, 2.24) is 9.13 Å². The first kappa shape index (κ1) is 29.8. The third kappa shape index (κ3) is 4.01. The van der Waals surface area contributed by atoms with Gasteiger partial charge in [0.15, 0.2) is 0 Å². The molecule has 0 saturated carbocycles. The van der Waals surface area contributed by atoms with Crippen molar-refractivity contribution >= 4 is 75.9 Å². The minimum atomic E-state index is 0.113. The largest absolute Gasteiger partial charge is 0.309 e. The molecule has 1 aliphatic carbocycles. The minimum Gasteiger partial charge on any atom is -0.309 e. The third-order valence-corrected chi connectivity index (χ3v) is 12.5. The summed E-state index contributed by atoms with van der Waals surface area (Å²) in [6.45, 7) is 9.75. The maximum absolute atomic E-state index is 2.56. The van der Waals surface area contributed by atoms with Gasteiger partial charge in [0.05, 0.1) is 27.8 Å². The molecule has 2 heteroatoms. The predicted octanol–water partition coefficient (Wildman–Crippen LogP) is 13.7. The van der Waals surface area contributed by atoms with Crippen LogP contribution in [0.1, 0.15) is 51.7 Å². The van der Waals surface area contributed by atoms with Crippen LogP contribution in [-0.2, 0) is 10.8 Å². The molecule has 2 nitrogen and oxygen atoms in total. The van der Waals surface area contributed by atoms with Crippen LogP contribution in [0, 0.1) is 0 Å². The lowest BCUT2D eigenvalue weighted by Gasteiger charge is -2.42. The zero-order valence-electron chi connectivity index (χ0n) is 30.2. The average Bonchev–Trinajstić information content (AvgIpc) is 3.67. The van der Waals surface area contributed by atoms with E-state index in [9.17, 15) is 0 Å². The number of aromatic nitrogens is 2. The smallest absolute Gasteiger partial charge is 0.0549 e. The van der Waals surface area contributed by atoms with Crippen molar-refractivity contribution in [1.29, 1.82) is 0 Å². The van der Waals surface area contributed by atoms with Gasteiger partial charge in [-0.15, -0.1) is 0 Å². The van der Waals surface area contributed by atoms with E-state index in [4.69, 9.17) is 0 Å². The van der Waals surface area contributed by atoms with Crippen LogP contribution in [0.3, 0.4) is 0 Å². The second kappa shape index (κ2) is 10.4. The van der Waals surface area contributed by atoms with Crippen molar-refractivity contribution in [3.63, 3.8) is 0 Å². The lowest BCUT2D eigenvalue weighted by Crippen LogP contribution is -2.33. The Bertz CT molecular complexity index is 3110. The number of nitrogens with zero attached hydrogens (tertiary/aromatic N) is 2. The molecule has 52 heavy (non-hydrogen) atoms. The van der Waals surface area contributed by atoms with E-state index in [2.05, 4.69) is 182 Å². The Balaban J connectivity index is 1.37. The second-order valence-corrected chi connectivity index (χ2v) is 16.4. The van der Waals surface area contributed by atoms with Gasteiger partial charge in [-0.05, 0) is 110 Å². The third-order valence-electron chi connectivity index (χ3n) is 12.5. The maximum atomic E-state index is 2.56. The fourth-order valence-electron chi connectivity index (χ4n) is 9.69. The first-order chi connectivity index (χ1) is 25.3.